The quantitative estimate of drug-likeness (QED) is 0.233. The lowest BCUT2D eigenvalue weighted by atomic mass is 9.97. The summed E-state index contributed by atoms with van der Waals surface area (Å²) in [6.07, 6.45) is 6.87. The van der Waals surface area contributed by atoms with Crippen LogP contribution in [0, 0.1) is 12.8 Å². The molecule has 194 valence electrons. The van der Waals surface area contributed by atoms with E-state index in [9.17, 15) is 9.59 Å². The van der Waals surface area contributed by atoms with E-state index < -0.39 is 0 Å². The highest BCUT2D eigenvalue weighted by molar-refractivity contribution is 6.05. The van der Waals surface area contributed by atoms with Gasteiger partial charge in [-0.3, -0.25) is 9.59 Å². The highest BCUT2D eigenvalue weighted by atomic mass is 16.2. The lowest BCUT2D eigenvalue weighted by molar-refractivity contribution is -0.122. The molecule has 1 saturated heterocycles. The molecule has 5 N–H and O–H groups in total. The minimum atomic E-state index is -0.243. The average molecular weight is 508 g/mol. The Morgan fingerprint density at radius 1 is 0.974 bits per heavy atom. The Morgan fingerprint density at radius 3 is 2.53 bits per heavy atom. The summed E-state index contributed by atoms with van der Waals surface area (Å²) in [6, 6.07) is 19.9. The van der Waals surface area contributed by atoms with Gasteiger partial charge < -0.3 is 16.0 Å². The number of hydrogen-bond acceptors (Lipinski definition) is 5. The molecule has 2 amide bonds. The van der Waals surface area contributed by atoms with Crippen LogP contribution in [0.3, 0.4) is 0 Å². The fourth-order valence-electron chi connectivity index (χ4n) is 5.29. The van der Waals surface area contributed by atoms with Crippen LogP contribution in [0.5, 0.6) is 0 Å². The minimum absolute atomic E-state index is 0.114. The van der Waals surface area contributed by atoms with Gasteiger partial charge in [-0.25, -0.2) is 10.9 Å². The van der Waals surface area contributed by atoms with Crippen molar-refractivity contribution in [3.05, 3.63) is 87.8 Å². The number of hydrazine groups is 1. The molecule has 2 unspecified atom stereocenters. The molecule has 3 aliphatic rings. The molecule has 2 fully saturated rings. The first-order valence-electron chi connectivity index (χ1n) is 13.4. The molecule has 2 heterocycles. The standard InChI is InChI=1S/C31H33N5O2/c1-19-2-11-27(36(32)31(38)22-7-3-20(4-8-22)25-12-13-33-17-25)16-28(19)24-10-9-23-15-29(34-18-26(23)14-24)35-30(37)21-5-6-21/h2-4,7-11,14-16,18,21,25,29,33-34H,5-6,12-13,17,32H2,1H3,(H,35,37). The molecule has 3 aromatic carbocycles. The number of nitrogens with two attached hydrogens (primary N) is 1. The topological polar surface area (TPSA) is 99.5 Å². The number of carbonyl (C=O) groups is 2. The monoisotopic (exact) mass is 507 g/mol. The maximum absolute atomic E-state index is 13.2. The predicted octanol–water partition coefficient (Wildman–Crippen LogP) is 2.23. The molecule has 1 saturated carbocycles. The van der Waals surface area contributed by atoms with Gasteiger partial charge in [0.1, 0.15) is 6.17 Å². The summed E-state index contributed by atoms with van der Waals surface area (Å²) in [7, 11) is 0. The van der Waals surface area contributed by atoms with Crippen LogP contribution in [-0.2, 0) is 4.79 Å². The van der Waals surface area contributed by atoms with Crippen molar-refractivity contribution in [3.63, 3.8) is 0 Å². The van der Waals surface area contributed by atoms with Gasteiger partial charge in [-0.05, 0) is 108 Å². The number of hydrogen-bond donors (Lipinski definition) is 4. The van der Waals surface area contributed by atoms with Gasteiger partial charge in [0.15, 0.2) is 0 Å². The number of fused-ring (bicyclic) bond motifs is 1. The van der Waals surface area contributed by atoms with Crippen molar-refractivity contribution in [3.8, 4) is 11.1 Å². The van der Waals surface area contributed by atoms with E-state index in [0.717, 1.165) is 59.5 Å². The maximum atomic E-state index is 13.2. The molecule has 1 aliphatic carbocycles. The van der Waals surface area contributed by atoms with Gasteiger partial charge in [0.2, 0.25) is 5.91 Å². The highest BCUT2D eigenvalue weighted by Crippen LogP contribution is 2.29. The van der Waals surface area contributed by atoms with Crippen LogP contribution in [-0.4, -0.2) is 31.1 Å². The second-order valence-electron chi connectivity index (χ2n) is 10.6. The molecule has 6 rings (SSSR count). The molecule has 7 nitrogen and oxygen atoms in total. The molecule has 38 heavy (non-hydrogen) atoms. The summed E-state index contributed by atoms with van der Waals surface area (Å²) in [4.78, 5) is 25.3. The molecule has 3 aromatic rings. The van der Waals surface area contributed by atoms with Gasteiger partial charge in [-0.1, -0.05) is 30.3 Å². The normalized spacial score (nSPS) is 19.9. The smallest absolute Gasteiger partial charge is 0.272 e. The van der Waals surface area contributed by atoms with Gasteiger partial charge in [0, 0.05) is 24.2 Å². The Morgan fingerprint density at radius 2 is 1.79 bits per heavy atom. The Balaban J connectivity index is 1.22. The molecule has 0 radical (unpaired) electrons. The second kappa shape index (κ2) is 10.1. The first kappa shape index (κ1) is 24.4. The van der Waals surface area contributed by atoms with E-state index in [-0.39, 0.29) is 23.9 Å². The van der Waals surface area contributed by atoms with Crippen LogP contribution >= 0.6 is 0 Å². The Labute approximate surface area is 222 Å². The Bertz CT molecular complexity index is 1500. The van der Waals surface area contributed by atoms with E-state index in [1.165, 1.54) is 10.6 Å². The van der Waals surface area contributed by atoms with E-state index >= 15 is 0 Å². The third-order valence-corrected chi connectivity index (χ3v) is 7.82. The number of nitrogens with one attached hydrogen (secondary N) is 3. The maximum Gasteiger partial charge on any atom is 0.272 e. The number of rotatable bonds is 6. The molecule has 0 aromatic heterocycles. The Hall–Kier alpha value is -3.94. The zero-order valence-corrected chi connectivity index (χ0v) is 21.5. The van der Waals surface area contributed by atoms with Crippen molar-refractivity contribution < 1.29 is 9.59 Å². The first-order valence-corrected chi connectivity index (χ1v) is 13.4. The summed E-state index contributed by atoms with van der Waals surface area (Å²) < 4.78 is 0. The van der Waals surface area contributed by atoms with Crippen LogP contribution in [0.4, 0.5) is 5.69 Å². The van der Waals surface area contributed by atoms with E-state index in [2.05, 4.69) is 41.1 Å². The highest BCUT2D eigenvalue weighted by Gasteiger charge is 2.30. The van der Waals surface area contributed by atoms with Crippen LogP contribution in [0.15, 0.2) is 60.7 Å². The van der Waals surface area contributed by atoms with Crippen molar-refractivity contribution in [2.24, 2.45) is 11.8 Å². The molecule has 0 bridgehead atoms. The van der Waals surface area contributed by atoms with Gasteiger partial charge in [-0.2, -0.15) is 0 Å². The van der Waals surface area contributed by atoms with Crippen LogP contribution < -0.4 is 37.2 Å². The van der Waals surface area contributed by atoms with E-state index in [0.29, 0.717) is 17.2 Å². The molecular weight excluding hydrogens is 474 g/mol. The van der Waals surface area contributed by atoms with Crippen molar-refractivity contribution in [1.29, 1.82) is 0 Å². The van der Waals surface area contributed by atoms with Gasteiger partial charge in [0.25, 0.3) is 5.91 Å². The largest absolute Gasteiger partial charge is 0.368 e. The van der Waals surface area contributed by atoms with Gasteiger partial charge in [-0.15, -0.1) is 0 Å². The summed E-state index contributed by atoms with van der Waals surface area (Å²) in [5.41, 5.74) is 5.58. The van der Waals surface area contributed by atoms with Crippen molar-refractivity contribution in [2.45, 2.75) is 38.3 Å². The zero-order chi connectivity index (χ0) is 26.2. The summed E-state index contributed by atoms with van der Waals surface area (Å²) in [5.74, 6) is 6.88. The van der Waals surface area contributed by atoms with Crippen molar-refractivity contribution in [2.75, 3.05) is 18.1 Å². The lowest BCUT2D eigenvalue weighted by Gasteiger charge is -2.20. The van der Waals surface area contributed by atoms with E-state index in [4.69, 9.17) is 5.84 Å². The van der Waals surface area contributed by atoms with Crippen LogP contribution in [0.1, 0.15) is 46.7 Å². The fourth-order valence-corrected chi connectivity index (χ4v) is 5.29. The lowest BCUT2D eigenvalue weighted by Crippen LogP contribution is -2.48. The molecule has 7 heteroatoms. The van der Waals surface area contributed by atoms with Crippen LogP contribution in [0.2, 0.25) is 0 Å². The van der Waals surface area contributed by atoms with Gasteiger partial charge >= 0.3 is 0 Å². The number of benzene rings is 3. The number of anilines is 1. The van der Waals surface area contributed by atoms with Crippen LogP contribution in [0.25, 0.3) is 23.4 Å². The molecule has 2 atom stereocenters. The van der Waals surface area contributed by atoms with E-state index in [1.807, 2.05) is 54.7 Å². The third kappa shape index (κ3) is 4.95. The number of carbonyl (C=O) groups excluding carboxylic acids is 2. The van der Waals surface area contributed by atoms with Gasteiger partial charge in [0.05, 0.1) is 5.69 Å². The number of nitrogens with zero attached hydrogens (tertiary/aromatic N) is 1. The number of aryl methyl sites for hydroxylation is 1. The zero-order valence-electron chi connectivity index (χ0n) is 21.5. The molecular formula is C31H33N5O2. The first-order chi connectivity index (χ1) is 18.5. The minimum Gasteiger partial charge on any atom is -0.368 e. The fraction of sp³-hybridized carbons (Fsp3) is 0.290. The summed E-state index contributed by atoms with van der Waals surface area (Å²) >= 11 is 0. The second-order valence-corrected chi connectivity index (χ2v) is 10.6. The predicted molar refractivity (Wildman–Crippen MR) is 150 cm³/mol. The molecule has 0 spiro atoms. The third-order valence-electron chi connectivity index (χ3n) is 7.82. The van der Waals surface area contributed by atoms with Crippen molar-refractivity contribution >= 4 is 29.8 Å². The van der Waals surface area contributed by atoms with Crippen molar-refractivity contribution in [1.82, 2.24) is 16.0 Å². The number of amides is 2. The SMILES string of the molecule is Cc1ccc(N(N)C(=O)c2ccc(C3CCNC3)cc2)cc1-c1ccc2c(c1)=CNC(NC(=O)C1CC1)C=2. The summed E-state index contributed by atoms with van der Waals surface area (Å²) in [6.45, 7) is 4.07. The van der Waals surface area contributed by atoms with E-state index in [1.54, 1.807) is 0 Å². The summed E-state index contributed by atoms with van der Waals surface area (Å²) in [5, 5.41) is 13.0. The average Bonchev–Trinajstić information content (AvgIpc) is 3.66. The Kier molecular flexibility index (Phi) is 6.47. The molecule has 2 aliphatic heterocycles.